The van der Waals surface area contributed by atoms with Crippen LogP contribution >= 0.6 is 0 Å². The van der Waals surface area contributed by atoms with Crippen LogP contribution in [0.3, 0.4) is 0 Å². The van der Waals surface area contributed by atoms with E-state index in [0.717, 1.165) is 10.5 Å². The molecule has 1 aliphatic heterocycles. The highest BCUT2D eigenvalue weighted by atomic mass is 19.3. The Hall–Kier alpha value is -3.44. The zero-order valence-corrected chi connectivity index (χ0v) is 24.5. The van der Waals surface area contributed by atoms with Gasteiger partial charge in [-0.3, -0.25) is 14.5 Å². The quantitative estimate of drug-likeness (QED) is 0.522. The van der Waals surface area contributed by atoms with Gasteiger partial charge >= 0.3 is 12.2 Å². The number of ether oxygens (including phenoxy) is 2. The van der Waals surface area contributed by atoms with Gasteiger partial charge in [0.05, 0.1) is 0 Å². The molecule has 228 valence electrons. The Labute approximate surface area is 240 Å². The minimum absolute atomic E-state index is 0.0751. The monoisotopic (exact) mass is 580 g/mol. The molecule has 0 aromatic heterocycles. The van der Waals surface area contributed by atoms with Crippen molar-refractivity contribution in [2.75, 3.05) is 33.2 Å². The minimum Gasteiger partial charge on any atom is -0.445 e. The Morgan fingerprint density at radius 2 is 1.59 bits per heavy atom. The standard InChI is InChI=1S/C29H42F2N4O6/c1-20(33(5)26(38)41-28(2,3)4)24(36)32-23(22-11-13-29(30,31)14-12-22)25(37)34-15-17-35(18-16-34)27(39)40-19-21-9-7-6-8-10-21/h6-10,20,22-23H,11-19H2,1-5H3,(H,32,36)/t20-,23-/m0/s1. The molecule has 0 unspecified atom stereocenters. The number of hydrogen-bond donors (Lipinski definition) is 1. The van der Waals surface area contributed by atoms with Crippen LogP contribution in [0.5, 0.6) is 0 Å². The molecule has 4 amide bonds. The van der Waals surface area contributed by atoms with Crippen molar-refractivity contribution in [3.63, 3.8) is 0 Å². The van der Waals surface area contributed by atoms with Gasteiger partial charge in [0.2, 0.25) is 17.7 Å². The minimum atomic E-state index is -2.80. The summed E-state index contributed by atoms with van der Waals surface area (Å²) in [6.07, 6.45) is -1.77. The lowest BCUT2D eigenvalue weighted by molar-refractivity contribution is -0.142. The molecule has 1 heterocycles. The van der Waals surface area contributed by atoms with Crippen molar-refractivity contribution < 1.29 is 37.4 Å². The van der Waals surface area contributed by atoms with E-state index in [1.807, 2.05) is 30.3 Å². The van der Waals surface area contributed by atoms with Crippen molar-refractivity contribution in [1.29, 1.82) is 0 Å². The number of nitrogens with zero attached hydrogens (tertiary/aromatic N) is 3. The van der Waals surface area contributed by atoms with Crippen LogP contribution in [-0.2, 0) is 25.7 Å². The number of piperazine rings is 1. The van der Waals surface area contributed by atoms with E-state index in [4.69, 9.17) is 9.47 Å². The lowest BCUT2D eigenvalue weighted by Gasteiger charge is -2.39. The number of benzene rings is 1. The summed E-state index contributed by atoms with van der Waals surface area (Å²) >= 11 is 0. The average molecular weight is 581 g/mol. The van der Waals surface area contributed by atoms with Gasteiger partial charge in [0.25, 0.3) is 0 Å². The van der Waals surface area contributed by atoms with Gasteiger partial charge in [-0.05, 0) is 52.0 Å². The van der Waals surface area contributed by atoms with Crippen LogP contribution in [0.4, 0.5) is 18.4 Å². The molecular formula is C29H42F2N4O6. The highest BCUT2D eigenvalue weighted by Crippen LogP contribution is 2.38. The fraction of sp³-hybridized carbons (Fsp3) is 0.655. The first-order chi connectivity index (χ1) is 19.2. The Morgan fingerprint density at radius 3 is 2.15 bits per heavy atom. The van der Waals surface area contributed by atoms with Crippen molar-refractivity contribution >= 4 is 24.0 Å². The first kappa shape index (κ1) is 32.1. The van der Waals surface area contributed by atoms with Gasteiger partial charge in [0.15, 0.2) is 0 Å². The van der Waals surface area contributed by atoms with Crippen molar-refractivity contribution in [2.45, 2.75) is 83.6 Å². The molecule has 2 fully saturated rings. The maximum Gasteiger partial charge on any atom is 0.410 e. The summed E-state index contributed by atoms with van der Waals surface area (Å²) < 4.78 is 38.6. The maximum atomic E-state index is 13.9. The summed E-state index contributed by atoms with van der Waals surface area (Å²) in [5, 5.41) is 2.75. The highest BCUT2D eigenvalue weighted by Gasteiger charge is 2.42. The molecule has 41 heavy (non-hydrogen) atoms. The fourth-order valence-corrected chi connectivity index (χ4v) is 4.84. The smallest absolute Gasteiger partial charge is 0.410 e. The third-order valence-corrected chi connectivity index (χ3v) is 7.49. The molecule has 1 aliphatic carbocycles. The van der Waals surface area contributed by atoms with Gasteiger partial charge in [0, 0.05) is 46.1 Å². The van der Waals surface area contributed by atoms with E-state index < -0.39 is 53.5 Å². The van der Waals surface area contributed by atoms with Gasteiger partial charge in [0.1, 0.15) is 24.3 Å². The van der Waals surface area contributed by atoms with E-state index >= 15 is 0 Å². The molecule has 2 atom stereocenters. The molecular weight excluding hydrogens is 538 g/mol. The zero-order valence-electron chi connectivity index (χ0n) is 24.5. The first-order valence-electron chi connectivity index (χ1n) is 14.1. The van der Waals surface area contributed by atoms with Gasteiger partial charge in [-0.15, -0.1) is 0 Å². The van der Waals surface area contributed by atoms with Crippen LogP contribution in [0, 0.1) is 5.92 Å². The molecule has 0 spiro atoms. The van der Waals surface area contributed by atoms with Crippen molar-refractivity contribution in [2.24, 2.45) is 5.92 Å². The molecule has 1 aromatic carbocycles. The molecule has 12 heteroatoms. The van der Waals surface area contributed by atoms with Gasteiger partial charge in [-0.2, -0.15) is 0 Å². The largest absolute Gasteiger partial charge is 0.445 e. The Bertz CT molecular complexity index is 1060. The number of amides is 4. The van der Waals surface area contributed by atoms with E-state index in [9.17, 15) is 28.0 Å². The first-order valence-corrected chi connectivity index (χ1v) is 14.1. The summed E-state index contributed by atoms with van der Waals surface area (Å²) in [4.78, 5) is 56.1. The molecule has 3 rings (SSSR count). The number of nitrogens with one attached hydrogen (secondary N) is 1. The molecule has 1 aromatic rings. The number of carbonyl (C=O) groups excluding carboxylic acids is 4. The van der Waals surface area contributed by atoms with Gasteiger partial charge < -0.3 is 24.6 Å². The third-order valence-electron chi connectivity index (χ3n) is 7.49. The molecule has 1 saturated heterocycles. The molecule has 2 aliphatic rings. The number of alkyl halides is 2. The predicted octanol–water partition coefficient (Wildman–Crippen LogP) is 4.03. The number of likely N-dealkylation sites (N-methyl/N-ethyl adjacent to an activating group) is 1. The zero-order chi connectivity index (χ0) is 30.4. The van der Waals surface area contributed by atoms with E-state index in [0.29, 0.717) is 0 Å². The Kier molecular flexibility index (Phi) is 10.5. The van der Waals surface area contributed by atoms with E-state index in [1.165, 1.54) is 18.9 Å². The van der Waals surface area contributed by atoms with E-state index in [-0.39, 0.29) is 58.5 Å². The number of rotatable bonds is 7. The summed E-state index contributed by atoms with van der Waals surface area (Å²) in [6.45, 7) is 7.66. The van der Waals surface area contributed by atoms with Gasteiger partial charge in [-0.1, -0.05) is 30.3 Å². The topological polar surface area (TPSA) is 108 Å². The summed E-state index contributed by atoms with van der Waals surface area (Å²) in [5.74, 6) is -4.27. The Balaban J connectivity index is 1.63. The van der Waals surface area contributed by atoms with E-state index in [1.54, 1.807) is 25.7 Å². The lowest BCUT2D eigenvalue weighted by atomic mass is 9.81. The maximum absolute atomic E-state index is 13.9. The lowest BCUT2D eigenvalue weighted by Crippen LogP contribution is -2.60. The summed E-state index contributed by atoms with van der Waals surface area (Å²) in [7, 11) is 1.42. The second-order valence-electron chi connectivity index (χ2n) is 11.8. The number of halogens is 2. The molecule has 1 saturated carbocycles. The Morgan fingerprint density at radius 1 is 1.02 bits per heavy atom. The predicted molar refractivity (Wildman–Crippen MR) is 147 cm³/mol. The van der Waals surface area contributed by atoms with Crippen LogP contribution in [0.2, 0.25) is 0 Å². The van der Waals surface area contributed by atoms with Gasteiger partial charge in [-0.25, -0.2) is 18.4 Å². The average Bonchev–Trinajstić information content (AvgIpc) is 2.93. The SMILES string of the molecule is C[C@@H](C(=O)N[C@H](C(=O)N1CCN(C(=O)OCc2ccccc2)CC1)C1CCC(F)(F)CC1)N(C)C(=O)OC(C)(C)C. The van der Waals surface area contributed by atoms with E-state index in [2.05, 4.69) is 5.32 Å². The summed E-state index contributed by atoms with van der Waals surface area (Å²) in [6, 6.07) is 7.28. The van der Waals surface area contributed by atoms with Crippen LogP contribution in [-0.4, -0.2) is 95.5 Å². The van der Waals surface area contributed by atoms with Crippen molar-refractivity contribution in [3.05, 3.63) is 35.9 Å². The molecule has 0 radical (unpaired) electrons. The summed E-state index contributed by atoms with van der Waals surface area (Å²) in [5.41, 5.74) is 0.0987. The van der Waals surface area contributed by atoms with Crippen LogP contribution in [0.1, 0.15) is 58.9 Å². The molecule has 0 bridgehead atoms. The molecule has 1 N–H and O–H groups in total. The van der Waals surface area contributed by atoms with Crippen molar-refractivity contribution in [3.8, 4) is 0 Å². The number of hydrogen-bond acceptors (Lipinski definition) is 6. The second-order valence-corrected chi connectivity index (χ2v) is 11.8. The fourth-order valence-electron chi connectivity index (χ4n) is 4.84. The van der Waals surface area contributed by atoms with Crippen LogP contribution in [0.25, 0.3) is 0 Å². The normalized spacial score (nSPS) is 19.1. The van der Waals surface area contributed by atoms with Crippen LogP contribution < -0.4 is 5.32 Å². The second kappa shape index (κ2) is 13.5. The van der Waals surface area contributed by atoms with Crippen LogP contribution in [0.15, 0.2) is 30.3 Å². The third kappa shape index (κ3) is 9.29. The van der Waals surface area contributed by atoms with Crippen molar-refractivity contribution in [1.82, 2.24) is 20.0 Å². The highest BCUT2D eigenvalue weighted by molar-refractivity contribution is 5.91. The number of carbonyl (C=O) groups is 4. The molecule has 10 nitrogen and oxygen atoms in total.